The molecule has 0 fully saturated rings. The molecule has 1 N–H and O–H groups in total. The Morgan fingerprint density at radius 3 is 2.68 bits per heavy atom. The summed E-state index contributed by atoms with van der Waals surface area (Å²) >= 11 is 0. The summed E-state index contributed by atoms with van der Waals surface area (Å²) in [6, 6.07) is 3.36. The summed E-state index contributed by atoms with van der Waals surface area (Å²) in [4.78, 5) is 10.5. The summed E-state index contributed by atoms with van der Waals surface area (Å²) < 4.78 is 1.63. The molecule has 0 aliphatic rings. The minimum Gasteiger partial charge on any atom is -0.379 e. The Morgan fingerprint density at radius 2 is 2.11 bits per heavy atom. The van der Waals surface area contributed by atoms with Crippen LogP contribution in [0, 0.1) is 24.0 Å². The monoisotopic (exact) mass is 261 g/mol. The second-order valence-electron chi connectivity index (χ2n) is 4.45. The summed E-state index contributed by atoms with van der Waals surface area (Å²) in [5, 5.41) is 21.9. The van der Waals surface area contributed by atoms with Gasteiger partial charge >= 0.3 is 0 Å². The van der Waals surface area contributed by atoms with Crippen molar-refractivity contribution in [1.29, 1.82) is 0 Å². The van der Waals surface area contributed by atoms with Crippen LogP contribution in [0.5, 0.6) is 0 Å². The molecule has 19 heavy (non-hydrogen) atoms. The number of hydrogen-bond donors (Lipinski definition) is 1. The maximum Gasteiger partial charge on any atom is 0.272 e. The van der Waals surface area contributed by atoms with E-state index in [2.05, 4.69) is 15.6 Å². The van der Waals surface area contributed by atoms with Gasteiger partial charge in [-0.1, -0.05) is 5.21 Å². The van der Waals surface area contributed by atoms with Gasteiger partial charge < -0.3 is 5.32 Å². The number of rotatable bonds is 4. The van der Waals surface area contributed by atoms with Crippen LogP contribution in [0.3, 0.4) is 0 Å². The highest BCUT2D eigenvalue weighted by atomic mass is 16.6. The highest BCUT2D eigenvalue weighted by Crippen LogP contribution is 2.26. The van der Waals surface area contributed by atoms with E-state index in [1.807, 2.05) is 13.1 Å². The Hall–Kier alpha value is -2.44. The van der Waals surface area contributed by atoms with E-state index in [-0.39, 0.29) is 10.6 Å². The molecule has 0 atom stereocenters. The first kappa shape index (κ1) is 13.0. The Kier molecular flexibility index (Phi) is 3.46. The van der Waals surface area contributed by atoms with Crippen LogP contribution < -0.4 is 5.32 Å². The Balaban J connectivity index is 2.17. The molecule has 7 nitrogen and oxygen atoms in total. The van der Waals surface area contributed by atoms with Gasteiger partial charge in [-0.2, -0.15) is 0 Å². The van der Waals surface area contributed by atoms with Crippen LogP contribution in [-0.2, 0) is 13.6 Å². The van der Waals surface area contributed by atoms with Gasteiger partial charge in [0, 0.05) is 30.6 Å². The first-order valence-corrected chi connectivity index (χ1v) is 5.82. The van der Waals surface area contributed by atoms with E-state index >= 15 is 0 Å². The number of nitrogens with one attached hydrogen (secondary N) is 1. The van der Waals surface area contributed by atoms with E-state index in [0.29, 0.717) is 12.1 Å². The SMILES string of the molecule is Cc1cc([N+](=O)[O-])c(C)cc1NCc1cn(C)nn1. The van der Waals surface area contributed by atoms with Gasteiger partial charge in [-0.05, 0) is 25.5 Å². The molecule has 100 valence electrons. The number of hydrogen-bond acceptors (Lipinski definition) is 5. The third-order valence-electron chi connectivity index (χ3n) is 2.85. The summed E-state index contributed by atoms with van der Waals surface area (Å²) in [6.45, 7) is 4.10. The van der Waals surface area contributed by atoms with Crippen molar-refractivity contribution >= 4 is 11.4 Å². The van der Waals surface area contributed by atoms with Crippen molar-refractivity contribution in [2.45, 2.75) is 20.4 Å². The number of nitrogens with zero attached hydrogens (tertiary/aromatic N) is 4. The second-order valence-corrected chi connectivity index (χ2v) is 4.45. The van der Waals surface area contributed by atoms with Crippen LogP contribution in [0.15, 0.2) is 18.3 Å². The number of anilines is 1. The largest absolute Gasteiger partial charge is 0.379 e. The molecule has 0 saturated heterocycles. The fourth-order valence-electron chi connectivity index (χ4n) is 1.85. The molecule has 1 aromatic carbocycles. The first-order valence-electron chi connectivity index (χ1n) is 5.82. The highest BCUT2D eigenvalue weighted by Gasteiger charge is 2.13. The van der Waals surface area contributed by atoms with Gasteiger partial charge in [0.25, 0.3) is 5.69 Å². The van der Waals surface area contributed by atoms with Crippen molar-refractivity contribution in [3.05, 3.63) is 45.3 Å². The van der Waals surface area contributed by atoms with Gasteiger partial charge in [0.2, 0.25) is 0 Å². The molecule has 0 aliphatic carbocycles. The van der Waals surface area contributed by atoms with Crippen molar-refractivity contribution in [3.8, 4) is 0 Å². The van der Waals surface area contributed by atoms with Crippen molar-refractivity contribution in [3.63, 3.8) is 0 Å². The van der Waals surface area contributed by atoms with Crippen molar-refractivity contribution in [2.24, 2.45) is 7.05 Å². The summed E-state index contributed by atoms with van der Waals surface area (Å²) in [5.41, 5.74) is 3.30. The van der Waals surface area contributed by atoms with Crippen LogP contribution in [-0.4, -0.2) is 19.9 Å². The Labute approximate surface area is 110 Å². The average molecular weight is 261 g/mol. The molecule has 2 aromatic rings. The van der Waals surface area contributed by atoms with Crippen molar-refractivity contribution in [2.75, 3.05) is 5.32 Å². The van der Waals surface area contributed by atoms with Gasteiger partial charge in [-0.3, -0.25) is 14.8 Å². The zero-order valence-electron chi connectivity index (χ0n) is 11.0. The molecule has 0 amide bonds. The molecule has 1 heterocycles. The minimum absolute atomic E-state index is 0.141. The molecule has 0 bridgehead atoms. The summed E-state index contributed by atoms with van der Waals surface area (Å²) in [7, 11) is 1.80. The molecule has 7 heteroatoms. The highest BCUT2D eigenvalue weighted by molar-refractivity contribution is 5.59. The summed E-state index contributed by atoms with van der Waals surface area (Å²) in [5.74, 6) is 0. The van der Waals surface area contributed by atoms with Crippen LogP contribution >= 0.6 is 0 Å². The number of benzene rings is 1. The van der Waals surface area contributed by atoms with Gasteiger partial charge in [0.05, 0.1) is 11.5 Å². The van der Waals surface area contributed by atoms with Crippen LogP contribution in [0.4, 0.5) is 11.4 Å². The smallest absolute Gasteiger partial charge is 0.272 e. The fourth-order valence-corrected chi connectivity index (χ4v) is 1.85. The predicted molar refractivity (Wildman–Crippen MR) is 70.9 cm³/mol. The van der Waals surface area contributed by atoms with Crippen LogP contribution in [0.2, 0.25) is 0 Å². The number of aryl methyl sites for hydroxylation is 3. The zero-order chi connectivity index (χ0) is 14.0. The van der Waals surface area contributed by atoms with E-state index in [4.69, 9.17) is 0 Å². The predicted octanol–water partition coefficient (Wildman–Crippen LogP) is 1.95. The molecular formula is C12H15N5O2. The molecular weight excluding hydrogens is 246 g/mol. The van der Waals surface area contributed by atoms with Crippen molar-refractivity contribution in [1.82, 2.24) is 15.0 Å². The number of nitro benzene ring substituents is 1. The second kappa shape index (κ2) is 5.05. The van der Waals surface area contributed by atoms with E-state index in [1.54, 1.807) is 30.8 Å². The third-order valence-corrected chi connectivity index (χ3v) is 2.85. The molecule has 1 aromatic heterocycles. The van der Waals surface area contributed by atoms with Crippen molar-refractivity contribution < 1.29 is 4.92 Å². The normalized spacial score (nSPS) is 10.5. The Bertz CT molecular complexity index is 621. The zero-order valence-corrected chi connectivity index (χ0v) is 11.0. The standard InChI is InChI=1S/C12H15N5O2/c1-8-5-12(17(18)19)9(2)4-11(8)13-6-10-7-16(3)15-14-10/h4-5,7,13H,6H2,1-3H3. The van der Waals surface area contributed by atoms with E-state index in [1.165, 1.54) is 0 Å². The van der Waals surface area contributed by atoms with E-state index < -0.39 is 0 Å². The van der Waals surface area contributed by atoms with Gasteiger partial charge in [-0.25, -0.2) is 0 Å². The van der Waals surface area contributed by atoms with Crippen LogP contribution in [0.1, 0.15) is 16.8 Å². The molecule has 0 unspecified atom stereocenters. The maximum absolute atomic E-state index is 10.8. The lowest BCUT2D eigenvalue weighted by Gasteiger charge is -2.09. The van der Waals surface area contributed by atoms with E-state index in [0.717, 1.165) is 16.9 Å². The Morgan fingerprint density at radius 1 is 1.37 bits per heavy atom. The topological polar surface area (TPSA) is 85.9 Å². The minimum atomic E-state index is -0.366. The molecule has 0 saturated carbocycles. The quantitative estimate of drug-likeness (QED) is 0.671. The number of aromatic nitrogens is 3. The molecule has 2 rings (SSSR count). The van der Waals surface area contributed by atoms with Gasteiger partial charge in [-0.15, -0.1) is 5.10 Å². The lowest BCUT2D eigenvalue weighted by molar-refractivity contribution is -0.385. The fraction of sp³-hybridized carbons (Fsp3) is 0.333. The molecule has 0 spiro atoms. The lowest BCUT2D eigenvalue weighted by atomic mass is 10.1. The molecule has 0 aliphatic heterocycles. The third kappa shape index (κ3) is 2.87. The maximum atomic E-state index is 10.8. The number of nitro groups is 1. The van der Waals surface area contributed by atoms with E-state index in [9.17, 15) is 10.1 Å². The van der Waals surface area contributed by atoms with Crippen LogP contribution in [0.25, 0.3) is 0 Å². The lowest BCUT2D eigenvalue weighted by Crippen LogP contribution is -2.03. The van der Waals surface area contributed by atoms with Gasteiger partial charge in [0.15, 0.2) is 0 Å². The molecule has 0 radical (unpaired) electrons. The average Bonchev–Trinajstić information content (AvgIpc) is 2.75. The first-order chi connectivity index (χ1) is 8.97. The summed E-state index contributed by atoms with van der Waals surface area (Å²) in [6.07, 6.45) is 1.82. The van der Waals surface area contributed by atoms with Gasteiger partial charge in [0.1, 0.15) is 5.69 Å².